The molecule has 4 N–H and O–H groups in total. The minimum absolute atomic E-state index is 0. The molecule has 0 aliphatic heterocycles. The maximum absolute atomic E-state index is 9.99. The van der Waals surface area contributed by atoms with Crippen LogP contribution in [0.2, 0.25) is 0 Å². The van der Waals surface area contributed by atoms with Crippen LogP contribution in [0.25, 0.3) is 10.8 Å². The van der Waals surface area contributed by atoms with E-state index in [1.807, 2.05) is 36.4 Å². The van der Waals surface area contributed by atoms with Crippen molar-refractivity contribution in [2.45, 2.75) is 0 Å². The van der Waals surface area contributed by atoms with Crippen molar-refractivity contribution >= 4 is 34.6 Å². The van der Waals surface area contributed by atoms with E-state index in [2.05, 4.69) is 9.98 Å². The first-order valence-electron chi connectivity index (χ1n) is 9.14. The normalized spacial score (nSPS) is 11.2. The molecule has 4 aromatic rings. The van der Waals surface area contributed by atoms with Crippen LogP contribution in [-0.4, -0.2) is 32.9 Å². The Balaban J connectivity index is 0.00000272. The first kappa shape index (κ1) is 21.9. The molecular formula is C24H18N2NiO4+2. The number of hydrogen-bond donors (Lipinski definition) is 4. The second kappa shape index (κ2) is 9.33. The topological polar surface area (TPSA) is 106 Å². The Kier molecular flexibility index (Phi) is 6.58. The fraction of sp³-hybridized carbons (Fsp3) is 0. The molecule has 4 aromatic carbocycles. The molecule has 0 saturated carbocycles. The Morgan fingerprint density at radius 1 is 0.548 bits per heavy atom. The molecule has 156 valence electrons. The van der Waals surface area contributed by atoms with Crippen LogP contribution in [0.5, 0.6) is 23.0 Å². The maximum Gasteiger partial charge on any atom is 2.00 e. The quantitative estimate of drug-likeness (QED) is 0.251. The molecule has 0 amide bonds. The van der Waals surface area contributed by atoms with E-state index in [1.165, 1.54) is 36.7 Å². The van der Waals surface area contributed by atoms with Gasteiger partial charge in [0.1, 0.15) is 23.0 Å². The van der Waals surface area contributed by atoms with E-state index in [0.717, 1.165) is 10.8 Å². The smallest absolute Gasteiger partial charge is 0.508 e. The van der Waals surface area contributed by atoms with Crippen LogP contribution in [0, 0.1) is 0 Å². The largest absolute Gasteiger partial charge is 2.00 e. The van der Waals surface area contributed by atoms with Gasteiger partial charge in [-0.1, -0.05) is 24.3 Å². The molecule has 0 unspecified atom stereocenters. The Labute approximate surface area is 188 Å². The Hall–Kier alpha value is -3.83. The molecule has 0 heterocycles. The average Bonchev–Trinajstić information content (AvgIpc) is 2.72. The third kappa shape index (κ3) is 5.02. The van der Waals surface area contributed by atoms with Gasteiger partial charge < -0.3 is 20.4 Å². The standard InChI is InChI=1S/C24H18N2O4.Ni/c27-19-7-5-17(23(29)11-19)13-25-21-9-15-3-1-2-4-16(15)10-22(21)26-14-18-6-8-20(28)12-24(18)30;/h1-14,27-30H;/q;+2. The average molecular weight is 457 g/mol. The minimum Gasteiger partial charge on any atom is -0.508 e. The molecule has 31 heavy (non-hydrogen) atoms. The molecule has 0 bridgehead atoms. The summed E-state index contributed by atoms with van der Waals surface area (Å²) in [6.07, 6.45) is 2.99. The number of nitrogens with zero attached hydrogens (tertiary/aromatic N) is 2. The molecule has 0 spiro atoms. The third-order valence-electron chi connectivity index (χ3n) is 4.56. The van der Waals surface area contributed by atoms with Gasteiger partial charge in [-0.2, -0.15) is 0 Å². The summed E-state index contributed by atoms with van der Waals surface area (Å²) in [6.45, 7) is 0. The molecule has 7 heteroatoms. The number of fused-ring (bicyclic) bond motifs is 1. The third-order valence-corrected chi connectivity index (χ3v) is 4.56. The number of rotatable bonds is 4. The second-order valence-electron chi connectivity index (χ2n) is 6.69. The number of hydrogen-bond acceptors (Lipinski definition) is 6. The summed E-state index contributed by atoms with van der Waals surface area (Å²) in [5.74, 6) is -0.235. The monoisotopic (exact) mass is 456 g/mol. The van der Waals surface area contributed by atoms with Crippen molar-refractivity contribution in [3.63, 3.8) is 0 Å². The molecule has 4 rings (SSSR count). The summed E-state index contributed by atoms with van der Waals surface area (Å²) in [5, 5.41) is 40.8. The summed E-state index contributed by atoms with van der Waals surface area (Å²) < 4.78 is 0. The first-order valence-corrected chi connectivity index (χ1v) is 9.14. The van der Waals surface area contributed by atoms with Crippen molar-refractivity contribution in [2.75, 3.05) is 0 Å². The van der Waals surface area contributed by atoms with Gasteiger partial charge in [0.25, 0.3) is 0 Å². The van der Waals surface area contributed by atoms with Gasteiger partial charge >= 0.3 is 16.5 Å². The summed E-state index contributed by atoms with van der Waals surface area (Å²) in [7, 11) is 0. The van der Waals surface area contributed by atoms with Crippen molar-refractivity contribution < 1.29 is 36.9 Å². The van der Waals surface area contributed by atoms with E-state index in [9.17, 15) is 20.4 Å². The Morgan fingerprint density at radius 3 is 1.35 bits per heavy atom. The molecule has 0 aliphatic rings. The van der Waals surface area contributed by atoms with E-state index >= 15 is 0 Å². The summed E-state index contributed by atoms with van der Waals surface area (Å²) in [5.41, 5.74) is 2.03. The Morgan fingerprint density at radius 2 is 0.968 bits per heavy atom. The maximum atomic E-state index is 9.99. The van der Waals surface area contributed by atoms with Crippen molar-refractivity contribution in [1.29, 1.82) is 0 Å². The fourth-order valence-electron chi connectivity index (χ4n) is 2.98. The predicted octanol–water partition coefficient (Wildman–Crippen LogP) is 5.16. The first-order chi connectivity index (χ1) is 14.5. The predicted molar refractivity (Wildman–Crippen MR) is 118 cm³/mol. The van der Waals surface area contributed by atoms with Gasteiger partial charge in [0.2, 0.25) is 0 Å². The van der Waals surface area contributed by atoms with Gasteiger partial charge in [-0.05, 0) is 47.2 Å². The van der Waals surface area contributed by atoms with Crippen molar-refractivity contribution in [3.05, 3.63) is 83.9 Å². The molecule has 0 atom stereocenters. The van der Waals surface area contributed by atoms with Crippen LogP contribution in [0.4, 0.5) is 11.4 Å². The number of phenols is 4. The molecular weight excluding hydrogens is 439 g/mol. The van der Waals surface area contributed by atoms with Gasteiger partial charge in [0.15, 0.2) is 0 Å². The summed E-state index contributed by atoms with van der Waals surface area (Å²) >= 11 is 0. The van der Waals surface area contributed by atoms with Crippen LogP contribution in [0.1, 0.15) is 11.1 Å². The minimum atomic E-state index is -0.0846. The zero-order chi connectivity index (χ0) is 21.1. The van der Waals surface area contributed by atoms with Crippen LogP contribution >= 0.6 is 0 Å². The van der Waals surface area contributed by atoms with Gasteiger partial charge in [-0.25, -0.2) is 0 Å². The Bertz CT molecular complexity index is 1200. The second-order valence-corrected chi connectivity index (χ2v) is 6.69. The van der Waals surface area contributed by atoms with E-state index < -0.39 is 0 Å². The number of aliphatic imine (C=N–C) groups is 2. The number of benzene rings is 4. The van der Waals surface area contributed by atoms with Gasteiger partial charge in [-0.15, -0.1) is 0 Å². The van der Waals surface area contributed by atoms with Gasteiger partial charge in [0, 0.05) is 35.7 Å². The van der Waals surface area contributed by atoms with Gasteiger partial charge in [-0.3, -0.25) is 9.98 Å². The zero-order valence-electron chi connectivity index (χ0n) is 16.1. The number of aromatic hydroxyl groups is 4. The van der Waals surface area contributed by atoms with Crippen LogP contribution in [0.3, 0.4) is 0 Å². The van der Waals surface area contributed by atoms with Crippen LogP contribution in [-0.2, 0) is 16.5 Å². The van der Waals surface area contributed by atoms with Crippen molar-refractivity contribution in [3.8, 4) is 23.0 Å². The molecule has 6 nitrogen and oxygen atoms in total. The molecule has 0 aliphatic carbocycles. The summed E-state index contributed by atoms with van der Waals surface area (Å²) in [4.78, 5) is 8.97. The van der Waals surface area contributed by atoms with E-state index in [0.29, 0.717) is 22.5 Å². The van der Waals surface area contributed by atoms with E-state index in [1.54, 1.807) is 12.1 Å². The van der Waals surface area contributed by atoms with Crippen molar-refractivity contribution in [2.24, 2.45) is 9.98 Å². The number of phenolic OH excluding ortho intramolecular Hbond substituents is 4. The van der Waals surface area contributed by atoms with Crippen molar-refractivity contribution in [1.82, 2.24) is 0 Å². The molecule has 0 saturated heterocycles. The van der Waals surface area contributed by atoms with E-state index in [-0.39, 0.29) is 39.5 Å². The molecule has 0 radical (unpaired) electrons. The molecule has 0 aromatic heterocycles. The SMILES string of the molecule is Oc1ccc(C=Nc2cc3ccccc3cc2N=Cc2ccc(O)cc2O)c(O)c1.[Ni+2]. The molecule has 0 fully saturated rings. The summed E-state index contributed by atoms with van der Waals surface area (Å²) in [6, 6.07) is 20.1. The van der Waals surface area contributed by atoms with Crippen LogP contribution < -0.4 is 0 Å². The van der Waals surface area contributed by atoms with E-state index in [4.69, 9.17) is 0 Å². The fourth-order valence-corrected chi connectivity index (χ4v) is 2.98. The van der Waals surface area contributed by atoms with Gasteiger partial charge in [0.05, 0.1) is 11.4 Å². The van der Waals surface area contributed by atoms with Crippen LogP contribution in [0.15, 0.2) is 82.8 Å². The zero-order valence-corrected chi connectivity index (χ0v) is 17.1.